The van der Waals surface area contributed by atoms with Gasteiger partial charge in [0.2, 0.25) is 11.8 Å². The first-order valence-corrected chi connectivity index (χ1v) is 11.1. The van der Waals surface area contributed by atoms with Crippen molar-refractivity contribution in [3.05, 3.63) is 35.9 Å². The number of carbonyl (C=O) groups is 2. The summed E-state index contributed by atoms with van der Waals surface area (Å²) in [5.41, 5.74) is 1.08. The maximum absolute atomic E-state index is 13.1. The smallest absolute Gasteiger partial charge is 0.246 e. The molecule has 3 atom stereocenters. The molecule has 3 rings (SSSR count). The Kier molecular flexibility index (Phi) is 8.07. The van der Waals surface area contributed by atoms with Gasteiger partial charge in [-0.1, -0.05) is 62.9 Å². The molecule has 160 valence electrons. The minimum atomic E-state index is -0.634. The van der Waals surface area contributed by atoms with E-state index in [0.717, 1.165) is 37.7 Å². The monoisotopic (exact) mass is 401 g/mol. The van der Waals surface area contributed by atoms with E-state index < -0.39 is 18.1 Å². The van der Waals surface area contributed by atoms with Gasteiger partial charge in [-0.3, -0.25) is 9.59 Å². The predicted molar refractivity (Wildman–Crippen MR) is 113 cm³/mol. The van der Waals surface area contributed by atoms with Crippen molar-refractivity contribution in [1.82, 2.24) is 15.5 Å². The molecule has 1 saturated carbocycles. The van der Waals surface area contributed by atoms with E-state index in [-0.39, 0.29) is 11.8 Å². The van der Waals surface area contributed by atoms with Gasteiger partial charge in [0, 0.05) is 26.2 Å². The van der Waals surface area contributed by atoms with Crippen molar-refractivity contribution in [3.8, 4) is 0 Å². The van der Waals surface area contributed by atoms with Crippen LogP contribution in [0.4, 0.5) is 0 Å². The number of aliphatic hydroxyl groups excluding tert-OH is 1. The lowest BCUT2D eigenvalue weighted by Crippen LogP contribution is -2.52. The maximum Gasteiger partial charge on any atom is 0.246 e. The Morgan fingerprint density at radius 2 is 2.07 bits per heavy atom. The molecule has 1 heterocycles. The lowest BCUT2D eigenvalue weighted by Gasteiger charge is -2.27. The largest absolute Gasteiger partial charge is 0.392 e. The number of hydrogen-bond donors (Lipinski definition) is 3. The van der Waals surface area contributed by atoms with Crippen molar-refractivity contribution >= 4 is 11.8 Å². The van der Waals surface area contributed by atoms with Gasteiger partial charge in [0.15, 0.2) is 0 Å². The number of carbonyl (C=O) groups excluding carboxylic acids is 2. The molecule has 6 nitrogen and oxygen atoms in total. The fourth-order valence-corrected chi connectivity index (χ4v) is 4.00. The van der Waals surface area contributed by atoms with Crippen LogP contribution >= 0.6 is 0 Å². The second-order valence-electron chi connectivity index (χ2n) is 8.51. The zero-order chi connectivity index (χ0) is 20.6. The van der Waals surface area contributed by atoms with E-state index >= 15 is 0 Å². The van der Waals surface area contributed by atoms with E-state index in [1.54, 1.807) is 0 Å². The van der Waals surface area contributed by atoms with Crippen molar-refractivity contribution in [2.75, 3.05) is 19.6 Å². The first kappa shape index (κ1) is 21.8. The Labute approximate surface area is 174 Å². The number of unbranched alkanes of at least 4 members (excludes halogenated alkanes) is 1. The summed E-state index contributed by atoms with van der Waals surface area (Å²) in [7, 11) is 0. The second-order valence-corrected chi connectivity index (χ2v) is 8.51. The van der Waals surface area contributed by atoms with Crippen molar-refractivity contribution in [3.63, 3.8) is 0 Å². The van der Waals surface area contributed by atoms with Crippen LogP contribution in [-0.4, -0.2) is 53.6 Å². The lowest BCUT2D eigenvalue weighted by atomic mass is 9.91. The summed E-state index contributed by atoms with van der Waals surface area (Å²) in [5.74, 6) is -0.116. The first-order valence-electron chi connectivity index (χ1n) is 11.1. The van der Waals surface area contributed by atoms with Crippen LogP contribution in [0.15, 0.2) is 30.3 Å². The highest BCUT2D eigenvalue weighted by atomic mass is 16.3. The van der Waals surface area contributed by atoms with E-state index in [1.165, 1.54) is 0 Å². The molecular formula is C23H35N3O3. The molecule has 1 aliphatic carbocycles. The molecule has 6 heteroatoms. The Morgan fingerprint density at radius 3 is 2.76 bits per heavy atom. The Bertz CT molecular complexity index is 663. The molecule has 1 saturated heterocycles. The topological polar surface area (TPSA) is 81.7 Å². The van der Waals surface area contributed by atoms with Crippen LogP contribution in [0.3, 0.4) is 0 Å². The molecule has 1 unspecified atom stereocenters. The number of hydrogen-bond acceptors (Lipinski definition) is 4. The zero-order valence-electron chi connectivity index (χ0n) is 17.5. The van der Waals surface area contributed by atoms with Crippen LogP contribution in [0.25, 0.3) is 0 Å². The van der Waals surface area contributed by atoms with Crippen LogP contribution in [0.2, 0.25) is 0 Å². The quantitative estimate of drug-likeness (QED) is 0.561. The van der Waals surface area contributed by atoms with Crippen LogP contribution in [0.5, 0.6) is 0 Å². The molecular weight excluding hydrogens is 366 g/mol. The minimum Gasteiger partial charge on any atom is -0.392 e. The summed E-state index contributed by atoms with van der Waals surface area (Å²) in [4.78, 5) is 27.9. The van der Waals surface area contributed by atoms with Crippen LogP contribution in [0.1, 0.15) is 51.0 Å². The summed E-state index contributed by atoms with van der Waals surface area (Å²) in [6.07, 6.45) is 4.90. The van der Waals surface area contributed by atoms with Crippen molar-refractivity contribution in [2.45, 2.75) is 64.1 Å². The highest BCUT2D eigenvalue weighted by molar-refractivity contribution is 5.89. The van der Waals surface area contributed by atoms with E-state index in [2.05, 4.69) is 17.6 Å². The average molecular weight is 402 g/mol. The number of nitrogens with zero attached hydrogens (tertiary/aromatic N) is 1. The summed E-state index contributed by atoms with van der Waals surface area (Å²) in [5, 5.41) is 16.8. The van der Waals surface area contributed by atoms with Crippen molar-refractivity contribution < 1.29 is 14.7 Å². The van der Waals surface area contributed by atoms with Crippen LogP contribution < -0.4 is 10.6 Å². The molecule has 2 fully saturated rings. The summed E-state index contributed by atoms with van der Waals surface area (Å²) >= 11 is 0. The van der Waals surface area contributed by atoms with E-state index in [4.69, 9.17) is 0 Å². The normalized spacial score (nSPS) is 22.1. The molecule has 0 aromatic heterocycles. The highest BCUT2D eigenvalue weighted by Gasteiger charge is 2.36. The Balaban J connectivity index is 1.63. The van der Waals surface area contributed by atoms with Crippen molar-refractivity contribution in [1.29, 1.82) is 0 Å². The third-order valence-electron chi connectivity index (χ3n) is 5.99. The Morgan fingerprint density at radius 1 is 1.31 bits per heavy atom. The van der Waals surface area contributed by atoms with Crippen molar-refractivity contribution in [2.24, 2.45) is 11.8 Å². The molecule has 29 heavy (non-hydrogen) atoms. The molecule has 1 aromatic rings. The fraction of sp³-hybridized carbons (Fsp3) is 0.652. The maximum atomic E-state index is 13.1. The molecule has 3 N–H and O–H groups in total. The fourth-order valence-electron chi connectivity index (χ4n) is 4.00. The number of benzene rings is 1. The van der Waals surface area contributed by atoms with Gasteiger partial charge in [-0.2, -0.15) is 0 Å². The summed E-state index contributed by atoms with van der Waals surface area (Å²) in [6, 6.07) is 9.32. The van der Waals surface area contributed by atoms with Gasteiger partial charge in [-0.25, -0.2) is 0 Å². The minimum absolute atomic E-state index is 0.0552. The van der Waals surface area contributed by atoms with Gasteiger partial charge in [0.25, 0.3) is 0 Å². The summed E-state index contributed by atoms with van der Waals surface area (Å²) in [6.45, 7) is 4.37. The van der Waals surface area contributed by atoms with E-state index in [0.29, 0.717) is 38.5 Å². The van der Waals surface area contributed by atoms with E-state index in [9.17, 15) is 14.7 Å². The summed E-state index contributed by atoms with van der Waals surface area (Å²) < 4.78 is 0. The standard InChI is InChI=1S/C23H35N3O3/c1-2-3-9-21(27)19(14-17-10-11-17)22(28)25-20-15-24-12-13-26(23(20)29)16-18-7-5-4-6-8-18/h4-8,17,19-21,24,27H,2-3,9-16H2,1H3,(H,25,28)/t19-,20?,21+/m1/s1. The first-order chi connectivity index (χ1) is 14.1. The second kappa shape index (κ2) is 10.7. The third-order valence-corrected chi connectivity index (χ3v) is 5.99. The van der Waals surface area contributed by atoms with Gasteiger partial charge >= 0.3 is 0 Å². The lowest BCUT2D eigenvalue weighted by molar-refractivity contribution is -0.138. The molecule has 0 radical (unpaired) electrons. The molecule has 2 aliphatic rings. The zero-order valence-corrected chi connectivity index (χ0v) is 17.5. The number of nitrogens with one attached hydrogen (secondary N) is 2. The van der Waals surface area contributed by atoms with Crippen LogP contribution in [-0.2, 0) is 16.1 Å². The highest BCUT2D eigenvalue weighted by Crippen LogP contribution is 2.37. The van der Waals surface area contributed by atoms with Gasteiger partial charge < -0.3 is 20.6 Å². The number of amides is 2. The SMILES string of the molecule is CCCC[C@H](O)[C@@H](CC1CC1)C(=O)NC1CNCCN(Cc2ccccc2)C1=O. The molecule has 0 bridgehead atoms. The van der Waals surface area contributed by atoms with Gasteiger partial charge in [0.1, 0.15) is 6.04 Å². The van der Waals surface area contributed by atoms with Gasteiger partial charge in [-0.05, 0) is 24.3 Å². The predicted octanol–water partition coefficient (Wildman–Crippen LogP) is 2.07. The molecule has 2 amide bonds. The molecule has 0 spiro atoms. The molecule has 1 aromatic carbocycles. The van der Waals surface area contributed by atoms with E-state index in [1.807, 2.05) is 35.2 Å². The average Bonchev–Trinajstić information content (AvgIpc) is 3.56. The third kappa shape index (κ3) is 6.54. The van der Waals surface area contributed by atoms with Gasteiger partial charge in [0.05, 0.1) is 12.0 Å². The van der Waals surface area contributed by atoms with Gasteiger partial charge in [-0.15, -0.1) is 0 Å². The Hall–Kier alpha value is -1.92. The van der Waals surface area contributed by atoms with Crippen LogP contribution in [0, 0.1) is 11.8 Å². The molecule has 1 aliphatic heterocycles. The number of aliphatic hydroxyl groups is 1. The number of rotatable bonds is 10.